The zero-order valence-electron chi connectivity index (χ0n) is 8.67. The zero-order chi connectivity index (χ0) is 11.0. The van der Waals surface area contributed by atoms with Crippen molar-refractivity contribution in [1.29, 1.82) is 0 Å². The number of aromatic nitrogens is 2. The topological polar surface area (TPSA) is 43.3 Å². The van der Waals surface area contributed by atoms with Crippen molar-refractivity contribution in [2.24, 2.45) is 0 Å². The fourth-order valence-electron chi connectivity index (χ4n) is 1.83. The van der Waals surface area contributed by atoms with E-state index in [1.54, 1.807) is 4.52 Å². The average molecular weight is 209 g/mol. The lowest BCUT2D eigenvalue weighted by atomic mass is 10.1. The maximum absolute atomic E-state index is 6.09. The van der Waals surface area contributed by atoms with Crippen LogP contribution in [0.25, 0.3) is 16.8 Å². The molecule has 0 bridgehead atoms. The Labute approximate surface area is 93.1 Å². The Morgan fingerprint density at radius 1 is 0.938 bits per heavy atom. The first-order valence-electron chi connectivity index (χ1n) is 5.14. The van der Waals surface area contributed by atoms with Crippen LogP contribution in [0.5, 0.6) is 0 Å². The Hall–Kier alpha value is -2.29. The molecule has 0 aliphatic rings. The minimum atomic E-state index is 0.729. The van der Waals surface area contributed by atoms with E-state index in [0.29, 0.717) is 0 Å². The molecule has 3 aromatic rings. The third-order valence-electron chi connectivity index (χ3n) is 2.63. The van der Waals surface area contributed by atoms with E-state index in [9.17, 15) is 0 Å². The molecule has 0 aliphatic heterocycles. The average Bonchev–Trinajstić information content (AvgIpc) is 2.69. The van der Waals surface area contributed by atoms with Gasteiger partial charge in [-0.3, -0.25) is 0 Å². The third-order valence-corrected chi connectivity index (χ3v) is 2.63. The van der Waals surface area contributed by atoms with Gasteiger partial charge in [0.2, 0.25) is 0 Å². The molecule has 0 spiro atoms. The number of anilines is 1. The van der Waals surface area contributed by atoms with E-state index in [1.165, 1.54) is 0 Å². The van der Waals surface area contributed by atoms with E-state index in [0.717, 1.165) is 22.5 Å². The minimum absolute atomic E-state index is 0.729. The second kappa shape index (κ2) is 3.38. The van der Waals surface area contributed by atoms with Crippen molar-refractivity contribution in [3.05, 3.63) is 54.7 Å². The first-order valence-corrected chi connectivity index (χ1v) is 5.14. The van der Waals surface area contributed by atoms with E-state index < -0.39 is 0 Å². The maximum atomic E-state index is 6.09. The highest BCUT2D eigenvalue weighted by molar-refractivity contribution is 5.85. The molecule has 78 valence electrons. The summed E-state index contributed by atoms with van der Waals surface area (Å²) in [5, 5.41) is 4.47. The number of fused-ring (bicyclic) bond motifs is 1. The van der Waals surface area contributed by atoms with Gasteiger partial charge in [-0.05, 0) is 12.1 Å². The number of nitrogens with two attached hydrogens (primary N) is 1. The fraction of sp³-hybridized carbons (Fsp3) is 0. The first kappa shape index (κ1) is 8.97. The van der Waals surface area contributed by atoms with Crippen molar-refractivity contribution in [3.63, 3.8) is 0 Å². The van der Waals surface area contributed by atoms with Crippen LogP contribution in [-0.2, 0) is 0 Å². The molecule has 0 fully saturated rings. The van der Waals surface area contributed by atoms with Gasteiger partial charge in [-0.2, -0.15) is 5.10 Å². The van der Waals surface area contributed by atoms with Gasteiger partial charge in [0, 0.05) is 11.8 Å². The van der Waals surface area contributed by atoms with E-state index in [2.05, 4.69) is 5.10 Å². The number of benzene rings is 1. The van der Waals surface area contributed by atoms with Gasteiger partial charge in [-0.15, -0.1) is 0 Å². The molecule has 2 N–H and O–H groups in total. The number of pyridine rings is 1. The summed E-state index contributed by atoms with van der Waals surface area (Å²) >= 11 is 0. The van der Waals surface area contributed by atoms with Crippen molar-refractivity contribution >= 4 is 11.2 Å². The largest absolute Gasteiger partial charge is 0.395 e. The zero-order valence-corrected chi connectivity index (χ0v) is 8.67. The van der Waals surface area contributed by atoms with E-state index in [1.807, 2.05) is 54.7 Å². The molecule has 3 heteroatoms. The monoisotopic (exact) mass is 209 g/mol. The Kier molecular flexibility index (Phi) is 1.90. The highest BCUT2D eigenvalue weighted by Crippen LogP contribution is 2.27. The number of rotatable bonds is 1. The Balaban J connectivity index is 2.29. The van der Waals surface area contributed by atoms with Crippen molar-refractivity contribution in [2.45, 2.75) is 0 Å². The second-order valence-corrected chi connectivity index (χ2v) is 3.66. The Bertz CT molecular complexity index is 626. The molecule has 2 aromatic heterocycles. The van der Waals surface area contributed by atoms with Crippen LogP contribution in [0.3, 0.4) is 0 Å². The summed E-state index contributed by atoms with van der Waals surface area (Å²) in [6, 6.07) is 15.8. The van der Waals surface area contributed by atoms with Gasteiger partial charge in [-0.25, -0.2) is 4.52 Å². The summed E-state index contributed by atoms with van der Waals surface area (Å²) in [7, 11) is 0. The molecule has 0 unspecified atom stereocenters. The summed E-state index contributed by atoms with van der Waals surface area (Å²) in [4.78, 5) is 0. The summed E-state index contributed by atoms with van der Waals surface area (Å²) < 4.78 is 1.80. The summed E-state index contributed by atoms with van der Waals surface area (Å²) in [5.74, 6) is 0. The standard InChI is InChI=1S/C13H11N3/c14-12-11-8-4-5-9-16(11)15-13(12)10-6-2-1-3-7-10/h1-9H,14H2. The van der Waals surface area contributed by atoms with Gasteiger partial charge in [-0.1, -0.05) is 36.4 Å². The van der Waals surface area contributed by atoms with Crippen LogP contribution in [0.15, 0.2) is 54.7 Å². The van der Waals surface area contributed by atoms with Gasteiger partial charge >= 0.3 is 0 Å². The van der Waals surface area contributed by atoms with Crippen LogP contribution in [0.1, 0.15) is 0 Å². The summed E-state index contributed by atoms with van der Waals surface area (Å²) in [6.07, 6.45) is 1.90. The van der Waals surface area contributed by atoms with Crippen LogP contribution in [0.4, 0.5) is 5.69 Å². The fourth-order valence-corrected chi connectivity index (χ4v) is 1.83. The van der Waals surface area contributed by atoms with Crippen LogP contribution in [-0.4, -0.2) is 9.61 Å². The van der Waals surface area contributed by atoms with Crippen LogP contribution >= 0.6 is 0 Å². The molecule has 0 saturated heterocycles. The van der Waals surface area contributed by atoms with Crippen molar-refractivity contribution < 1.29 is 0 Å². The molecule has 3 rings (SSSR count). The van der Waals surface area contributed by atoms with Crippen LogP contribution in [0, 0.1) is 0 Å². The van der Waals surface area contributed by atoms with Crippen molar-refractivity contribution in [1.82, 2.24) is 9.61 Å². The van der Waals surface area contributed by atoms with E-state index >= 15 is 0 Å². The van der Waals surface area contributed by atoms with Gasteiger partial charge in [0.05, 0.1) is 11.2 Å². The number of nitrogens with zero attached hydrogens (tertiary/aromatic N) is 2. The summed E-state index contributed by atoms with van der Waals surface area (Å²) in [5.41, 5.74) is 9.65. The van der Waals surface area contributed by atoms with E-state index in [4.69, 9.17) is 5.73 Å². The van der Waals surface area contributed by atoms with Gasteiger partial charge in [0.25, 0.3) is 0 Å². The molecular formula is C13H11N3. The van der Waals surface area contributed by atoms with Crippen LogP contribution < -0.4 is 5.73 Å². The highest BCUT2D eigenvalue weighted by atomic mass is 15.2. The summed E-state index contributed by atoms with van der Waals surface area (Å²) in [6.45, 7) is 0. The lowest BCUT2D eigenvalue weighted by Crippen LogP contribution is -1.86. The second-order valence-electron chi connectivity index (χ2n) is 3.66. The molecule has 16 heavy (non-hydrogen) atoms. The lowest BCUT2D eigenvalue weighted by molar-refractivity contribution is 0.966. The normalized spacial score (nSPS) is 10.8. The number of hydrogen-bond acceptors (Lipinski definition) is 2. The predicted octanol–water partition coefficient (Wildman–Crippen LogP) is 2.58. The van der Waals surface area contributed by atoms with Gasteiger partial charge in [0.1, 0.15) is 5.69 Å². The molecule has 0 amide bonds. The molecule has 0 aliphatic carbocycles. The lowest BCUT2D eigenvalue weighted by Gasteiger charge is -1.96. The van der Waals surface area contributed by atoms with Crippen molar-refractivity contribution in [3.8, 4) is 11.3 Å². The maximum Gasteiger partial charge on any atom is 0.116 e. The molecule has 3 nitrogen and oxygen atoms in total. The highest BCUT2D eigenvalue weighted by Gasteiger charge is 2.09. The molecule has 1 aromatic carbocycles. The third kappa shape index (κ3) is 1.26. The molecule has 0 radical (unpaired) electrons. The first-order chi connectivity index (χ1) is 7.86. The SMILES string of the molecule is Nc1c(-c2ccccc2)nn2ccccc12. The quantitative estimate of drug-likeness (QED) is 0.669. The number of hydrogen-bond donors (Lipinski definition) is 1. The van der Waals surface area contributed by atoms with Crippen LogP contribution in [0.2, 0.25) is 0 Å². The molecular weight excluding hydrogens is 198 g/mol. The minimum Gasteiger partial charge on any atom is -0.395 e. The molecule has 0 atom stereocenters. The predicted molar refractivity (Wildman–Crippen MR) is 65.0 cm³/mol. The van der Waals surface area contributed by atoms with Crippen molar-refractivity contribution in [2.75, 3.05) is 5.73 Å². The van der Waals surface area contributed by atoms with Gasteiger partial charge in [0.15, 0.2) is 0 Å². The smallest absolute Gasteiger partial charge is 0.116 e. The number of nitrogen functional groups attached to an aromatic ring is 1. The molecule has 2 heterocycles. The molecule has 0 saturated carbocycles. The Morgan fingerprint density at radius 2 is 1.69 bits per heavy atom. The Morgan fingerprint density at radius 3 is 2.44 bits per heavy atom. The van der Waals surface area contributed by atoms with Gasteiger partial charge < -0.3 is 5.73 Å². The van der Waals surface area contributed by atoms with E-state index in [-0.39, 0.29) is 0 Å².